The summed E-state index contributed by atoms with van der Waals surface area (Å²) >= 11 is 5.86. The van der Waals surface area contributed by atoms with Crippen LogP contribution in [0.25, 0.3) is 0 Å². The Hall–Kier alpha value is 0.01000. The molecule has 0 spiro atoms. The van der Waals surface area contributed by atoms with E-state index in [1.54, 1.807) is 0 Å². The highest BCUT2D eigenvalue weighted by atomic mass is 79.9. The molecule has 2 aliphatic rings. The normalized spacial score (nSPS) is 27.8. The van der Waals surface area contributed by atoms with Crippen LogP contribution in [0, 0.1) is 0 Å². The predicted molar refractivity (Wildman–Crippen MR) is 83.6 cm³/mol. The number of thioether (sulfide) groups is 1. The van der Waals surface area contributed by atoms with Crippen molar-refractivity contribution in [1.29, 1.82) is 0 Å². The molecule has 0 aliphatic carbocycles. The van der Waals surface area contributed by atoms with Gasteiger partial charge in [-0.3, -0.25) is 0 Å². The van der Waals surface area contributed by atoms with E-state index in [-0.39, 0.29) is 0 Å². The molecular formula is C15H20BrNS. The Morgan fingerprint density at radius 1 is 1.33 bits per heavy atom. The monoisotopic (exact) mass is 325 g/mol. The zero-order valence-corrected chi connectivity index (χ0v) is 13.0. The molecule has 0 saturated carbocycles. The zero-order valence-electron chi connectivity index (χ0n) is 10.6. The Morgan fingerprint density at radius 3 is 2.94 bits per heavy atom. The van der Waals surface area contributed by atoms with Crippen LogP contribution in [0.2, 0.25) is 0 Å². The van der Waals surface area contributed by atoms with Crippen LogP contribution >= 0.6 is 27.7 Å². The van der Waals surface area contributed by atoms with Gasteiger partial charge in [0.25, 0.3) is 0 Å². The lowest BCUT2D eigenvalue weighted by atomic mass is 9.96. The zero-order chi connectivity index (χ0) is 12.4. The van der Waals surface area contributed by atoms with E-state index >= 15 is 0 Å². The number of benzene rings is 1. The summed E-state index contributed by atoms with van der Waals surface area (Å²) < 4.78 is 1.32. The van der Waals surface area contributed by atoms with Gasteiger partial charge in [0.1, 0.15) is 0 Å². The van der Waals surface area contributed by atoms with Crippen molar-refractivity contribution in [2.75, 3.05) is 18.1 Å². The largest absolute Gasteiger partial charge is 0.314 e. The summed E-state index contributed by atoms with van der Waals surface area (Å²) in [6.07, 6.45) is 5.19. The van der Waals surface area contributed by atoms with E-state index in [2.05, 4.69) is 51.2 Å². The molecule has 2 atom stereocenters. The Morgan fingerprint density at radius 2 is 2.28 bits per heavy atom. The van der Waals surface area contributed by atoms with Crippen molar-refractivity contribution in [3.63, 3.8) is 0 Å². The lowest BCUT2D eigenvalue weighted by Gasteiger charge is -2.15. The molecule has 98 valence electrons. The Labute approximate surface area is 122 Å². The number of rotatable bonds is 3. The van der Waals surface area contributed by atoms with Gasteiger partial charge in [-0.1, -0.05) is 28.1 Å². The number of nitrogens with one attached hydrogen (secondary N) is 1. The van der Waals surface area contributed by atoms with E-state index in [1.165, 1.54) is 59.3 Å². The smallest absolute Gasteiger partial charge is 0.0213 e. The van der Waals surface area contributed by atoms with Crippen LogP contribution in [0.5, 0.6) is 0 Å². The molecule has 2 unspecified atom stereocenters. The van der Waals surface area contributed by atoms with Gasteiger partial charge in [0.15, 0.2) is 0 Å². The molecular weight excluding hydrogens is 306 g/mol. The van der Waals surface area contributed by atoms with E-state index in [0.717, 1.165) is 5.92 Å². The van der Waals surface area contributed by atoms with Gasteiger partial charge in [0, 0.05) is 16.3 Å². The van der Waals surface area contributed by atoms with Gasteiger partial charge in [0.05, 0.1) is 0 Å². The minimum atomic E-state index is 0.699. The standard InChI is InChI=1S/C15H20BrNS/c16-15-9-11(8-13-2-1-6-17-13)3-4-14(15)12-5-7-18-10-12/h3-4,9,12-13,17H,1-2,5-8,10H2. The molecule has 0 bridgehead atoms. The molecule has 0 aromatic heterocycles. The van der Waals surface area contributed by atoms with Crippen molar-refractivity contribution in [3.8, 4) is 0 Å². The summed E-state index contributed by atoms with van der Waals surface area (Å²) in [5.74, 6) is 3.38. The first-order valence-corrected chi connectivity index (χ1v) is 8.87. The fourth-order valence-electron chi connectivity index (χ4n) is 3.02. The summed E-state index contributed by atoms with van der Waals surface area (Å²) in [6, 6.07) is 7.73. The molecule has 1 aromatic rings. The van der Waals surface area contributed by atoms with Crippen LogP contribution in [0.1, 0.15) is 36.3 Å². The molecule has 1 N–H and O–H groups in total. The maximum Gasteiger partial charge on any atom is 0.0213 e. The molecule has 0 radical (unpaired) electrons. The number of hydrogen-bond donors (Lipinski definition) is 1. The van der Waals surface area contributed by atoms with Crippen LogP contribution in [0.15, 0.2) is 22.7 Å². The number of halogens is 1. The predicted octanol–water partition coefficient (Wildman–Crippen LogP) is 3.96. The molecule has 3 rings (SSSR count). The third-order valence-corrected chi connectivity index (χ3v) is 5.93. The van der Waals surface area contributed by atoms with Crippen molar-refractivity contribution in [3.05, 3.63) is 33.8 Å². The van der Waals surface area contributed by atoms with Gasteiger partial charge in [-0.25, -0.2) is 0 Å². The van der Waals surface area contributed by atoms with E-state index in [9.17, 15) is 0 Å². The second-order valence-electron chi connectivity index (χ2n) is 5.41. The quantitative estimate of drug-likeness (QED) is 0.902. The second-order valence-corrected chi connectivity index (χ2v) is 7.42. The average Bonchev–Trinajstić information content (AvgIpc) is 3.01. The van der Waals surface area contributed by atoms with Gasteiger partial charge in [-0.2, -0.15) is 11.8 Å². The summed E-state index contributed by atoms with van der Waals surface area (Å²) in [4.78, 5) is 0. The molecule has 3 heteroatoms. The summed E-state index contributed by atoms with van der Waals surface area (Å²) in [7, 11) is 0. The van der Waals surface area contributed by atoms with Gasteiger partial charge < -0.3 is 5.32 Å². The molecule has 2 fully saturated rings. The van der Waals surface area contributed by atoms with Crippen molar-refractivity contribution in [2.24, 2.45) is 0 Å². The minimum absolute atomic E-state index is 0.699. The van der Waals surface area contributed by atoms with Gasteiger partial charge in [-0.05, 0) is 61.1 Å². The summed E-state index contributed by atoms with van der Waals surface area (Å²) in [5, 5.41) is 3.58. The summed E-state index contributed by atoms with van der Waals surface area (Å²) in [6.45, 7) is 1.20. The van der Waals surface area contributed by atoms with Crippen LogP contribution in [0.4, 0.5) is 0 Å². The van der Waals surface area contributed by atoms with Gasteiger partial charge in [-0.15, -0.1) is 0 Å². The van der Waals surface area contributed by atoms with Gasteiger partial charge in [0.2, 0.25) is 0 Å². The summed E-state index contributed by atoms with van der Waals surface area (Å²) in [5.41, 5.74) is 2.99. The Balaban J connectivity index is 1.71. The van der Waals surface area contributed by atoms with E-state index in [4.69, 9.17) is 0 Å². The highest BCUT2D eigenvalue weighted by molar-refractivity contribution is 9.10. The molecule has 2 aliphatic heterocycles. The first-order chi connectivity index (χ1) is 8.83. The van der Waals surface area contributed by atoms with E-state index in [0.29, 0.717) is 6.04 Å². The van der Waals surface area contributed by atoms with Crippen LogP contribution in [-0.4, -0.2) is 24.1 Å². The maximum atomic E-state index is 3.78. The SMILES string of the molecule is Brc1cc(CC2CCCN2)ccc1C1CCSC1. The van der Waals surface area contributed by atoms with E-state index in [1.807, 2.05) is 0 Å². The molecule has 2 heterocycles. The van der Waals surface area contributed by atoms with E-state index < -0.39 is 0 Å². The third-order valence-electron chi connectivity index (χ3n) is 4.08. The highest BCUT2D eigenvalue weighted by Gasteiger charge is 2.20. The van der Waals surface area contributed by atoms with Crippen LogP contribution in [0.3, 0.4) is 0 Å². The maximum absolute atomic E-state index is 3.78. The molecule has 0 amide bonds. The van der Waals surface area contributed by atoms with Crippen molar-refractivity contribution < 1.29 is 0 Å². The lowest BCUT2D eigenvalue weighted by molar-refractivity contribution is 0.602. The average molecular weight is 326 g/mol. The van der Waals surface area contributed by atoms with Crippen LogP contribution in [-0.2, 0) is 6.42 Å². The fourth-order valence-corrected chi connectivity index (χ4v) is 5.02. The van der Waals surface area contributed by atoms with Crippen molar-refractivity contribution >= 4 is 27.7 Å². The molecule has 2 saturated heterocycles. The third kappa shape index (κ3) is 2.94. The van der Waals surface area contributed by atoms with Crippen molar-refractivity contribution in [1.82, 2.24) is 5.32 Å². The highest BCUT2D eigenvalue weighted by Crippen LogP contribution is 2.36. The lowest BCUT2D eigenvalue weighted by Crippen LogP contribution is -2.23. The fraction of sp³-hybridized carbons (Fsp3) is 0.600. The first kappa shape index (κ1) is 13.0. The molecule has 18 heavy (non-hydrogen) atoms. The van der Waals surface area contributed by atoms with Gasteiger partial charge >= 0.3 is 0 Å². The Bertz CT molecular complexity index is 409. The molecule has 1 aromatic carbocycles. The first-order valence-electron chi connectivity index (χ1n) is 6.92. The van der Waals surface area contributed by atoms with Crippen molar-refractivity contribution in [2.45, 2.75) is 37.6 Å². The minimum Gasteiger partial charge on any atom is -0.314 e. The van der Waals surface area contributed by atoms with Crippen LogP contribution < -0.4 is 5.32 Å². The molecule has 1 nitrogen and oxygen atoms in total. The Kier molecular flexibility index (Phi) is 4.32. The topological polar surface area (TPSA) is 12.0 Å². The second kappa shape index (κ2) is 5.98. The number of hydrogen-bond acceptors (Lipinski definition) is 2.